The van der Waals surface area contributed by atoms with Gasteiger partial charge in [-0.05, 0) is 62.4 Å². The molecule has 1 N–H and O–H groups in total. The Kier molecular flexibility index (Phi) is 7.02. The lowest BCUT2D eigenvalue weighted by molar-refractivity contribution is -0.141. The molecule has 7 nitrogen and oxygen atoms in total. The van der Waals surface area contributed by atoms with Crippen molar-refractivity contribution in [3.8, 4) is 5.75 Å². The van der Waals surface area contributed by atoms with Crippen molar-refractivity contribution >= 4 is 34.2 Å². The number of benzene rings is 3. The third kappa shape index (κ3) is 5.05. The van der Waals surface area contributed by atoms with Gasteiger partial charge in [-0.3, -0.25) is 19.3 Å². The molecule has 1 heterocycles. The summed E-state index contributed by atoms with van der Waals surface area (Å²) in [6, 6.07) is 18.0. The van der Waals surface area contributed by atoms with E-state index < -0.39 is 11.6 Å². The fourth-order valence-corrected chi connectivity index (χ4v) is 4.70. The van der Waals surface area contributed by atoms with Gasteiger partial charge in [-0.1, -0.05) is 43.3 Å². The van der Waals surface area contributed by atoms with Crippen LogP contribution in [0.1, 0.15) is 50.0 Å². The summed E-state index contributed by atoms with van der Waals surface area (Å²) in [4.78, 5) is 43.5. The van der Waals surface area contributed by atoms with Gasteiger partial charge >= 0.3 is 0 Å². The number of hydrogen-bond acceptors (Lipinski definition) is 4. The number of nitrogens with one attached hydrogen (secondary N) is 1. The number of rotatable bonds is 8. The van der Waals surface area contributed by atoms with Gasteiger partial charge in [0, 0.05) is 23.0 Å². The normalized spacial score (nSPS) is 13.6. The molecular formula is C29H33N3O4. The first-order chi connectivity index (χ1) is 17.1. The Morgan fingerprint density at radius 1 is 1.06 bits per heavy atom. The second-order valence-corrected chi connectivity index (χ2v) is 10.1. The summed E-state index contributed by atoms with van der Waals surface area (Å²) in [6.07, 6.45) is 0.432. The third-order valence-corrected chi connectivity index (χ3v) is 6.31. The molecule has 0 spiro atoms. The zero-order chi connectivity index (χ0) is 26.0. The van der Waals surface area contributed by atoms with E-state index in [4.69, 9.17) is 4.74 Å². The van der Waals surface area contributed by atoms with Gasteiger partial charge in [0.05, 0.1) is 12.8 Å². The molecule has 0 unspecified atom stereocenters. The fourth-order valence-electron chi connectivity index (χ4n) is 4.70. The molecule has 36 heavy (non-hydrogen) atoms. The highest BCUT2D eigenvalue weighted by Crippen LogP contribution is 2.37. The molecule has 0 bridgehead atoms. The van der Waals surface area contributed by atoms with Crippen molar-refractivity contribution in [1.29, 1.82) is 0 Å². The highest BCUT2D eigenvalue weighted by atomic mass is 16.5. The SMILES string of the molecule is CC[C@@H](C(=O)NC(C)(C)C)N(Cc1cccc(OC)c1)C(=O)CN1C(=O)c2cccc3cccc1c23. The lowest BCUT2D eigenvalue weighted by Gasteiger charge is -2.34. The summed E-state index contributed by atoms with van der Waals surface area (Å²) >= 11 is 0. The molecule has 1 aliphatic rings. The minimum atomic E-state index is -0.696. The average molecular weight is 488 g/mol. The zero-order valence-corrected chi connectivity index (χ0v) is 21.5. The third-order valence-electron chi connectivity index (χ3n) is 6.31. The average Bonchev–Trinajstić information content (AvgIpc) is 3.11. The first-order valence-electron chi connectivity index (χ1n) is 12.2. The molecule has 4 rings (SSSR count). The van der Waals surface area contributed by atoms with E-state index in [1.165, 1.54) is 4.90 Å². The largest absolute Gasteiger partial charge is 0.497 e. The summed E-state index contributed by atoms with van der Waals surface area (Å²) in [5, 5.41) is 4.82. The lowest BCUT2D eigenvalue weighted by Crippen LogP contribution is -2.55. The highest BCUT2D eigenvalue weighted by Gasteiger charge is 2.35. The Morgan fingerprint density at radius 2 is 1.75 bits per heavy atom. The molecule has 0 aliphatic carbocycles. The Balaban J connectivity index is 1.67. The minimum absolute atomic E-state index is 0.157. The molecule has 188 valence electrons. The van der Waals surface area contributed by atoms with Gasteiger partial charge in [-0.25, -0.2) is 0 Å². The summed E-state index contributed by atoms with van der Waals surface area (Å²) < 4.78 is 5.35. The summed E-state index contributed by atoms with van der Waals surface area (Å²) in [5.41, 5.74) is 1.70. The number of carbonyl (C=O) groups is 3. The summed E-state index contributed by atoms with van der Waals surface area (Å²) in [7, 11) is 1.59. The minimum Gasteiger partial charge on any atom is -0.497 e. The van der Waals surface area contributed by atoms with Crippen LogP contribution in [-0.4, -0.2) is 47.9 Å². The number of hydrogen-bond donors (Lipinski definition) is 1. The van der Waals surface area contributed by atoms with Crippen LogP contribution < -0.4 is 15.0 Å². The van der Waals surface area contributed by atoms with E-state index >= 15 is 0 Å². The molecule has 0 saturated carbocycles. The number of anilines is 1. The van der Waals surface area contributed by atoms with Gasteiger partial charge in [-0.2, -0.15) is 0 Å². The zero-order valence-electron chi connectivity index (χ0n) is 21.5. The van der Waals surface area contributed by atoms with Crippen molar-refractivity contribution in [3.05, 3.63) is 71.8 Å². The van der Waals surface area contributed by atoms with Crippen LogP contribution in [0.5, 0.6) is 5.75 Å². The van der Waals surface area contributed by atoms with E-state index in [0.29, 0.717) is 17.7 Å². The number of carbonyl (C=O) groups excluding carboxylic acids is 3. The van der Waals surface area contributed by atoms with Crippen LogP contribution in [0.2, 0.25) is 0 Å². The Hall–Kier alpha value is -3.87. The van der Waals surface area contributed by atoms with Crippen molar-refractivity contribution < 1.29 is 19.1 Å². The van der Waals surface area contributed by atoms with Gasteiger partial charge in [0.25, 0.3) is 5.91 Å². The number of nitrogens with zero attached hydrogens (tertiary/aromatic N) is 2. The second kappa shape index (κ2) is 10.0. The fraction of sp³-hybridized carbons (Fsp3) is 0.345. The highest BCUT2D eigenvalue weighted by molar-refractivity contribution is 6.26. The maximum absolute atomic E-state index is 13.9. The first-order valence-corrected chi connectivity index (χ1v) is 12.2. The van der Waals surface area contributed by atoms with Crippen LogP contribution in [0.3, 0.4) is 0 Å². The molecule has 1 aliphatic heterocycles. The van der Waals surface area contributed by atoms with Crippen LogP contribution in [-0.2, 0) is 16.1 Å². The standard InChI is InChI=1S/C29H33N3O4/c1-6-23(27(34)30-29(2,3)4)31(17-19-10-7-13-21(16-19)36-5)25(33)18-32-24-15-9-12-20-11-8-14-22(26(20)24)28(32)35/h7-16,23H,6,17-18H2,1-5H3,(H,30,34)/t23-/m0/s1. The van der Waals surface area contributed by atoms with E-state index in [0.717, 1.165) is 22.0 Å². The number of amides is 3. The van der Waals surface area contributed by atoms with E-state index in [-0.39, 0.29) is 30.8 Å². The molecule has 0 aromatic heterocycles. The van der Waals surface area contributed by atoms with Crippen LogP contribution >= 0.6 is 0 Å². The van der Waals surface area contributed by atoms with E-state index in [9.17, 15) is 14.4 Å². The predicted octanol–water partition coefficient (Wildman–Crippen LogP) is 4.53. The van der Waals surface area contributed by atoms with E-state index in [1.807, 2.05) is 82.3 Å². The van der Waals surface area contributed by atoms with Crippen molar-refractivity contribution in [1.82, 2.24) is 10.2 Å². The first kappa shape index (κ1) is 25.2. The predicted molar refractivity (Wildman–Crippen MR) is 141 cm³/mol. The molecule has 0 radical (unpaired) electrons. The summed E-state index contributed by atoms with van der Waals surface area (Å²) in [5.74, 6) is -0.0566. The Labute approximate surface area is 212 Å². The Morgan fingerprint density at radius 3 is 2.42 bits per heavy atom. The number of methoxy groups -OCH3 is 1. The molecular weight excluding hydrogens is 454 g/mol. The van der Waals surface area contributed by atoms with Crippen molar-refractivity contribution in [2.24, 2.45) is 0 Å². The van der Waals surface area contributed by atoms with Crippen molar-refractivity contribution in [2.75, 3.05) is 18.6 Å². The van der Waals surface area contributed by atoms with Crippen molar-refractivity contribution in [3.63, 3.8) is 0 Å². The monoisotopic (exact) mass is 487 g/mol. The van der Waals surface area contributed by atoms with E-state index in [1.54, 1.807) is 18.1 Å². The van der Waals surface area contributed by atoms with E-state index in [2.05, 4.69) is 5.32 Å². The molecule has 3 aromatic carbocycles. The molecule has 7 heteroatoms. The van der Waals surface area contributed by atoms with Crippen LogP contribution in [0.25, 0.3) is 10.8 Å². The maximum Gasteiger partial charge on any atom is 0.259 e. The lowest BCUT2D eigenvalue weighted by atomic mass is 10.1. The topological polar surface area (TPSA) is 79.0 Å². The van der Waals surface area contributed by atoms with Crippen LogP contribution in [0.15, 0.2) is 60.7 Å². The van der Waals surface area contributed by atoms with Gasteiger partial charge in [0.1, 0.15) is 18.3 Å². The van der Waals surface area contributed by atoms with Crippen LogP contribution in [0.4, 0.5) is 5.69 Å². The van der Waals surface area contributed by atoms with Gasteiger partial charge in [0.15, 0.2) is 0 Å². The maximum atomic E-state index is 13.9. The van der Waals surface area contributed by atoms with Gasteiger partial charge in [0.2, 0.25) is 11.8 Å². The molecule has 0 fully saturated rings. The molecule has 1 atom stereocenters. The van der Waals surface area contributed by atoms with Gasteiger partial charge in [-0.15, -0.1) is 0 Å². The summed E-state index contributed by atoms with van der Waals surface area (Å²) in [6.45, 7) is 7.67. The second-order valence-electron chi connectivity index (χ2n) is 10.1. The smallest absolute Gasteiger partial charge is 0.259 e. The van der Waals surface area contributed by atoms with Gasteiger partial charge < -0.3 is 15.0 Å². The quantitative estimate of drug-likeness (QED) is 0.506. The molecule has 3 amide bonds. The molecule has 3 aromatic rings. The number of ether oxygens (including phenoxy) is 1. The Bertz CT molecular complexity index is 1310. The van der Waals surface area contributed by atoms with Crippen LogP contribution in [0, 0.1) is 0 Å². The molecule has 0 saturated heterocycles. The van der Waals surface area contributed by atoms with Crippen molar-refractivity contribution in [2.45, 2.75) is 52.2 Å².